The molecular weight excluding hydrogens is 142 g/mol. The highest BCUT2D eigenvalue weighted by Crippen LogP contribution is 2.16. The third-order valence-electron chi connectivity index (χ3n) is 1.27. The van der Waals surface area contributed by atoms with E-state index in [1.54, 1.807) is 11.3 Å². The molecule has 52 valence electrons. The second kappa shape index (κ2) is 3.38. The minimum Gasteiger partial charge on any atom is -0.192 e. The van der Waals surface area contributed by atoms with Crippen LogP contribution in [0, 0.1) is 11.3 Å². The summed E-state index contributed by atoms with van der Waals surface area (Å²) in [5.74, 6) is 0. The van der Waals surface area contributed by atoms with Gasteiger partial charge in [0.25, 0.3) is 0 Å². The van der Waals surface area contributed by atoms with Crippen LogP contribution in [0.3, 0.4) is 0 Å². The van der Waals surface area contributed by atoms with E-state index in [0.717, 1.165) is 17.7 Å². The molecule has 10 heavy (non-hydrogen) atoms. The van der Waals surface area contributed by atoms with Gasteiger partial charge in [-0.2, -0.15) is 5.26 Å². The van der Waals surface area contributed by atoms with Gasteiger partial charge in [0.2, 0.25) is 0 Å². The lowest BCUT2D eigenvalue weighted by Crippen LogP contribution is -1.71. The monoisotopic (exact) mass is 151 g/mol. The maximum Gasteiger partial charge on any atom is 0.110 e. The molecule has 0 bridgehead atoms. The van der Waals surface area contributed by atoms with Gasteiger partial charge in [-0.15, -0.1) is 11.3 Å². The van der Waals surface area contributed by atoms with Crippen molar-refractivity contribution in [3.8, 4) is 6.07 Å². The van der Waals surface area contributed by atoms with Gasteiger partial charge in [-0.05, 0) is 18.6 Å². The second-order valence-electron chi connectivity index (χ2n) is 2.13. The van der Waals surface area contributed by atoms with Gasteiger partial charge in [0.05, 0.1) is 0 Å². The van der Waals surface area contributed by atoms with Gasteiger partial charge in [0.15, 0.2) is 0 Å². The fourth-order valence-electron chi connectivity index (χ4n) is 0.819. The molecule has 0 aliphatic carbocycles. The Bertz CT molecular complexity index is 244. The van der Waals surface area contributed by atoms with Gasteiger partial charge in [-0.25, -0.2) is 0 Å². The van der Waals surface area contributed by atoms with Crippen molar-refractivity contribution in [1.82, 2.24) is 0 Å². The topological polar surface area (TPSA) is 23.8 Å². The number of nitrogens with zero attached hydrogens (tertiary/aromatic N) is 1. The minimum atomic E-state index is 0.823. The van der Waals surface area contributed by atoms with Gasteiger partial charge in [0, 0.05) is 4.88 Å². The van der Waals surface area contributed by atoms with Crippen molar-refractivity contribution in [3.63, 3.8) is 0 Å². The summed E-state index contributed by atoms with van der Waals surface area (Å²) >= 11 is 1.60. The Morgan fingerprint density at radius 3 is 2.90 bits per heavy atom. The van der Waals surface area contributed by atoms with Crippen molar-refractivity contribution in [3.05, 3.63) is 21.9 Å². The summed E-state index contributed by atoms with van der Waals surface area (Å²) in [5, 5.41) is 8.48. The molecule has 0 amide bonds. The van der Waals surface area contributed by atoms with Gasteiger partial charge in [-0.1, -0.05) is 13.3 Å². The molecule has 1 aromatic heterocycles. The molecule has 0 spiro atoms. The number of nitriles is 1. The lowest BCUT2D eigenvalue weighted by Gasteiger charge is -1.86. The number of rotatable bonds is 2. The van der Waals surface area contributed by atoms with Crippen LogP contribution in [0.1, 0.15) is 23.1 Å². The van der Waals surface area contributed by atoms with Crippen LogP contribution >= 0.6 is 11.3 Å². The zero-order valence-corrected chi connectivity index (χ0v) is 6.74. The van der Waals surface area contributed by atoms with Crippen LogP contribution in [0.5, 0.6) is 0 Å². The number of aryl methyl sites for hydroxylation is 1. The Morgan fingerprint density at radius 1 is 1.60 bits per heavy atom. The smallest absolute Gasteiger partial charge is 0.110 e. The third kappa shape index (κ3) is 1.58. The highest BCUT2D eigenvalue weighted by molar-refractivity contribution is 7.12. The lowest BCUT2D eigenvalue weighted by atomic mass is 10.3. The Balaban J connectivity index is 2.71. The predicted octanol–water partition coefficient (Wildman–Crippen LogP) is 2.57. The molecule has 0 saturated heterocycles. The molecule has 0 aliphatic rings. The normalized spacial score (nSPS) is 9.20. The first-order valence-corrected chi connectivity index (χ1v) is 4.17. The molecular formula is C8H9NS. The van der Waals surface area contributed by atoms with E-state index in [0.29, 0.717) is 0 Å². The van der Waals surface area contributed by atoms with Crippen LogP contribution in [0.2, 0.25) is 0 Å². The van der Waals surface area contributed by atoms with Gasteiger partial charge in [-0.3, -0.25) is 0 Å². The first kappa shape index (κ1) is 7.30. The molecule has 0 N–H and O–H groups in total. The number of thiophene rings is 1. The van der Waals surface area contributed by atoms with Crippen molar-refractivity contribution in [2.24, 2.45) is 0 Å². The highest BCUT2D eigenvalue weighted by atomic mass is 32.1. The fourth-order valence-corrected chi connectivity index (χ4v) is 1.73. The lowest BCUT2D eigenvalue weighted by molar-refractivity contribution is 0.940. The molecule has 2 heteroatoms. The van der Waals surface area contributed by atoms with Crippen LogP contribution in [-0.2, 0) is 6.42 Å². The Labute approximate surface area is 64.9 Å². The zero-order chi connectivity index (χ0) is 7.40. The maximum absolute atomic E-state index is 8.48. The number of hydrogen-bond acceptors (Lipinski definition) is 2. The summed E-state index contributed by atoms with van der Waals surface area (Å²) in [6.45, 7) is 2.14. The van der Waals surface area contributed by atoms with Crippen molar-refractivity contribution in [2.75, 3.05) is 0 Å². The highest BCUT2D eigenvalue weighted by Gasteiger charge is 1.95. The van der Waals surface area contributed by atoms with E-state index in [-0.39, 0.29) is 0 Å². The second-order valence-corrected chi connectivity index (χ2v) is 3.30. The summed E-state index contributed by atoms with van der Waals surface area (Å²) in [5.41, 5.74) is 0. The van der Waals surface area contributed by atoms with Crippen molar-refractivity contribution in [1.29, 1.82) is 5.26 Å². The van der Waals surface area contributed by atoms with Crippen LogP contribution in [0.25, 0.3) is 0 Å². The van der Waals surface area contributed by atoms with Crippen LogP contribution in [-0.4, -0.2) is 0 Å². The molecule has 0 saturated carbocycles. The van der Waals surface area contributed by atoms with E-state index in [1.165, 1.54) is 4.88 Å². The summed E-state index contributed by atoms with van der Waals surface area (Å²) in [4.78, 5) is 2.14. The molecule has 0 atom stereocenters. The minimum absolute atomic E-state index is 0.823. The maximum atomic E-state index is 8.48. The van der Waals surface area contributed by atoms with Crippen LogP contribution in [0.15, 0.2) is 12.1 Å². The average Bonchev–Trinajstić information content (AvgIpc) is 2.37. The Morgan fingerprint density at radius 2 is 2.40 bits per heavy atom. The van der Waals surface area contributed by atoms with E-state index in [4.69, 9.17) is 5.26 Å². The van der Waals surface area contributed by atoms with Crippen molar-refractivity contribution in [2.45, 2.75) is 19.8 Å². The molecule has 0 aromatic carbocycles. The molecule has 1 aromatic rings. The standard InChI is InChI=1S/C8H9NS/c1-2-3-7-4-5-8(6-9)10-7/h4-5H,2-3H2,1H3. The SMILES string of the molecule is CCCc1ccc(C#N)s1. The van der Waals surface area contributed by atoms with E-state index in [1.807, 2.05) is 12.1 Å². The molecule has 0 unspecified atom stereocenters. The van der Waals surface area contributed by atoms with Gasteiger partial charge < -0.3 is 0 Å². The Hall–Kier alpha value is -0.810. The third-order valence-corrected chi connectivity index (χ3v) is 2.32. The van der Waals surface area contributed by atoms with E-state index >= 15 is 0 Å². The fraction of sp³-hybridized carbons (Fsp3) is 0.375. The molecule has 0 radical (unpaired) electrons. The summed E-state index contributed by atoms with van der Waals surface area (Å²) in [7, 11) is 0. The predicted molar refractivity (Wildman–Crippen MR) is 43.0 cm³/mol. The molecule has 1 heterocycles. The Kier molecular flexibility index (Phi) is 2.47. The zero-order valence-electron chi connectivity index (χ0n) is 5.92. The largest absolute Gasteiger partial charge is 0.192 e. The average molecular weight is 151 g/mol. The molecule has 1 nitrogen and oxygen atoms in total. The number of hydrogen-bond donors (Lipinski definition) is 0. The van der Waals surface area contributed by atoms with E-state index in [2.05, 4.69) is 13.0 Å². The molecule has 1 rings (SSSR count). The quantitative estimate of drug-likeness (QED) is 0.637. The van der Waals surface area contributed by atoms with Crippen molar-refractivity contribution >= 4 is 11.3 Å². The summed E-state index contributed by atoms with van der Waals surface area (Å²) in [6.07, 6.45) is 2.26. The van der Waals surface area contributed by atoms with E-state index < -0.39 is 0 Å². The van der Waals surface area contributed by atoms with Crippen LogP contribution in [0.4, 0.5) is 0 Å². The summed E-state index contributed by atoms with van der Waals surface area (Å²) in [6, 6.07) is 6.04. The molecule has 0 aliphatic heterocycles. The first-order chi connectivity index (χ1) is 4.86. The van der Waals surface area contributed by atoms with Gasteiger partial charge >= 0.3 is 0 Å². The van der Waals surface area contributed by atoms with Crippen molar-refractivity contribution < 1.29 is 0 Å². The van der Waals surface area contributed by atoms with E-state index in [9.17, 15) is 0 Å². The summed E-state index contributed by atoms with van der Waals surface area (Å²) < 4.78 is 0. The van der Waals surface area contributed by atoms with Crippen LogP contribution < -0.4 is 0 Å². The molecule has 0 fully saturated rings. The first-order valence-electron chi connectivity index (χ1n) is 3.35. The van der Waals surface area contributed by atoms with Gasteiger partial charge in [0.1, 0.15) is 10.9 Å².